The van der Waals surface area contributed by atoms with Gasteiger partial charge < -0.3 is 15.2 Å². The van der Waals surface area contributed by atoms with E-state index < -0.39 is 0 Å². The van der Waals surface area contributed by atoms with Gasteiger partial charge in [0.1, 0.15) is 0 Å². The van der Waals surface area contributed by atoms with E-state index in [1.165, 1.54) is 0 Å². The molecule has 0 amide bonds. The molecule has 2 N–H and O–H groups in total. The molecule has 1 rings (SSSR count). The van der Waals surface area contributed by atoms with Crippen molar-refractivity contribution >= 4 is 5.95 Å². The number of ether oxygens (including phenoxy) is 1. The third kappa shape index (κ3) is 3.36. The molecule has 0 aliphatic rings. The minimum Gasteiger partial charge on any atom is -0.481 e. The SMILES string of the molecule is CCC(CO)Nc1nc(C)cc(OC)n1. The lowest BCUT2D eigenvalue weighted by molar-refractivity contribution is 0.271. The third-order valence-corrected chi connectivity index (χ3v) is 2.09. The van der Waals surface area contributed by atoms with Gasteiger partial charge >= 0.3 is 0 Å². The van der Waals surface area contributed by atoms with Crippen LogP contribution >= 0.6 is 0 Å². The van der Waals surface area contributed by atoms with E-state index in [-0.39, 0.29) is 12.6 Å². The predicted molar refractivity (Wildman–Crippen MR) is 58.1 cm³/mol. The van der Waals surface area contributed by atoms with Crippen LogP contribution in [0.2, 0.25) is 0 Å². The minimum atomic E-state index is -0.0171. The van der Waals surface area contributed by atoms with Crippen LogP contribution in [-0.2, 0) is 0 Å². The fourth-order valence-electron chi connectivity index (χ4n) is 1.17. The fraction of sp³-hybridized carbons (Fsp3) is 0.600. The molecule has 0 aliphatic carbocycles. The number of rotatable bonds is 5. The number of aliphatic hydroxyl groups excluding tert-OH is 1. The van der Waals surface area contributed by atoms with Crippen LogP contribution in [-0.4, -0.2) is 34.8 Å². The number of methoxy groups -OCH3 is 1. The number of anilines is 1. The van der Waals surface area contributed by atoms with Gasteiger partial charge in [-0.2, -0.15) is 4.98 Å². The smallest absolute Gasteiger partial charge is 0.226 e. The molecule has 0 radical (unpaired) electrons. The first-order chi connectivity index (χ1) is 7.19. The first-order valence-electron chi connectivity index (χ1n) is 4.96. The van der Waals surface area contributed by atoms with E-state index in [0.29, 0.717) is 11.8 Å². The summed E-state index contributed by atoms with van der Waals surface area (Å²) >= 11 is 0. The molecule has 0 aromatic carbocycles. The average molecular weight is 211 g/mol. The molecule has 15 heavy (non-hydrogen) atoms. The van der Waals surface area contributed by atoms with Crippen LogP contribution in [0.4, 0.5) is 5.95 Å². The summed E-state index contributed by atoms with van der Waals surface area (Å²) in [7, 11) is 1.56. The maximum atomic E-state index is 9.03. The molecule has 1 atom stereocenters. The van der Waals surface area contributed by atoms with Crippen LogP contribution in [0.15, 0.2) is 6.07 Å². The molecular weight excluding hydrogens is 194 g/mol. The molecule has 0 bridgehead atoms. The molecule has 0 saturated carbocycles. The normalized spacial score (nSPS) is 12.3. The van der Waals surface area contributed by atoms with Gasteiger partial charge in [0, 0.05) is 11.8 Å². The lowest BCUT2D eigenvalue weighted by Crippen LogP contribution is -2.24. The molecule has 0 fully saturated rings. The summed E-state index contributed by atoms with van der Waals surface area (Å²) in [6.07, 6.45) is 0.816. The van der Waals surface area contributed by atoms with Gasteiger partial charge in [-0.3, -0.25) is 0 Å². The van der Waals surface area contributed by atoms with Crippen molar-refractivity contribution in [2.45, 2.75) is 26.3 Å². The topological polar surface area (TPSA) is 67.3 Å². The zero-order valence-electron chi connectivity index (χ0n) is 9.32. The molecule has 0 aliphatic heterocycles. The summed E-state index contributed by atoms with van der Waals surface area (Å²) < 4.78 is 5.03. The van der Waals surface area contributed by atoms with E-state index in [4.69, 9.17) is 9.84 Å². The lowest BCUT2D eigenvalue weighted by atomic mass is 10.2. The van der Waals surface area contributed by atoms with Crippen molar-refractivity contribution in [1.29, 1.82) is 0 Å². The van der Waals surface area contributed by atoms with Crippen molar-refractivity contribution in [3.63, 3.8) is 0 Å². The van der Waals surface area contributed by atoms with Crippen molar-refractivity contribution in [3.05, 3.63) is 11.8 Å². The lowest BCUT2D eigenvalue weighted by Gasteiger charge is -2.14. The molecule has 1 aromatic rings. The van der Waals surface area contributed by atoms with Crippen molar-refractivity contribution < 1.29 is 9.84 Å². The molecule has 0 saturated heterocycles. The Morgan fingerprint density at radius 1 is 1.53 bits per heavy atom. The van der Waals surface area contributed by atoms with Crippen LogP contribution in [0, 0.1) is 6.92 Å². The number of hydrogen-bond acceptors (Lipinski definition) is 5. The summed E-state index contributed by atoms with van der Waals surface area (Å²) in [5, 5.41) is 12.1. The highest BCUT2D eigenvalue weighted by Gasteiger charge is 2.07. The second-order valence-electron chi connectivity index (χ2n) is 3.31. The first kappa shape index (κ1) is 11.7. The van der Waals surface area contributed by atoms with Crippen LogP contribution in [0.3, 0.4) is 0 Å². The second kappa shape index (κ2) is 5.50. The maximum absolute atomic E-state index is 9.03. The zero-order valence-corrected chi connectivity index (χ0v) is 9.32. The van der Waals surface area contributed by atoms with Gasteiger partial charge in [0.2, 0.25) is 11.8 Å². The zero-order chi connectivity index (χ0) is 11.3. The Hall–Kier alpha value is -1.36. The van der Waals surface area contributed by atoms with Gasteiger partial charge in [-0.05, 0) is 13.3 Å². The van der Waals surface area contributed by atoms with Crippen molar-refractivity contribution in [2.24, 2.45) is 0 Å². The Labute approximate surface area is 89.5 Å². The predicted octanol–water partition coefficient (Wildman–Crippen LogP) is 0.976. The molecule has 0 spiro atoms. The van der Waals surface area contributed by atoms with Crippen molar-refractivity contribution in [1.82, 2.24) is 9.97 Å². The first-order valence-corrected chi connectivity index (χ1v) is 4.96. The van der Waals surface area contributed by atoms with Crippen molar-refractivity contribution in [3.8, 4) is 5.88 Å². The molecule has 1 unspecified atom stereocenters. The second-order valence-corrected chi connectivity index (χ2v) is 3.31. The third-order valence-electron chi connectivity index (χ3n) is 2.09. The maximum Gasteiger partial charge on any atom is 0.226 e. The molecule has 1 heterocycles. The Balaban J connectivity index is 2.79. The Kier molecular flexibility index (Phi) is 4.30. The van der Waals surface area contributed by atoms with E-state index >= 15 is 0 Å². The highest BCUT2D eigenvalue weighted by atomic mass is 16.5. The number of nitrogens with zero attached hydrogens (tertiary/aromatic N) is 2. The summed E-state index contributed by atoms with van der Waals surface area (Å²) in [5.41, 5.74) is 0.831. The summed E-state index contributed by atoms with van der Waals surface area (Å²) in [6, 6.07) is 1.74. The molecule has 1 aromatic heterocycles. The standard InChI is InChI=1S/C10H17N3O2/c1-4-8(6-14)12-10-11-7(2)5-9(13-10)15-3/h5,8,14H,4,6H2,1-3H3,(H,11,12,13). The van der Waals surface area contributed by atoms with Gasteiger partial charge in [-0.1, -0.05) is 6.92 Å². The fourth-order valence-corrected chi connectivity index (χ4v) is 1.17. The van der Waals surface area contributed by atoms with Gasteiger partial charge in [-0.15, -0.1) is 0 Å². The largest absolute Gasteiger partial charge is 0.481 e. The molecule has 84 valence electrons. The van der Waals surface area contributed by atoms with E-state index in [0.717, 1.165) is 12.1 Å². The van der Waals surface area contributed by atoms with E-state index in [9.17, 15) is 0 Å². The number of aliphatic hydroxyl groups is 1. The quantitative estimate of drug-likeness (QED) is 0.759. The molecule has 5 heteroatoms. The monoisotopic (exact) mass is 211 g/mol. The van der Waals surface area contributed by atoms with Crippen LogP contribution in [0.25, 0.3) is 0 Å². The summed E-state index contributed by atoms with van der Waals surface area (Å²) in [6.45, 7) is 3.92. The molecule has 5 nitrogen and oxygen atoms in total. The Morgan fingerprint density at radius 3 is 2.80 bits per heavy atom. The summed E-state index contributed by atoms with van der Waals surface area (Å²) in [5.74, 6) is 1.02. The number of hydrogen-bond donors (Lipinski definition) is 2. The van der Waals surface area contributed by atoms with Gasteiger partial charge in [0.25, 0.3) is 0 Å². The summed E-state index contributed by atoms with van der Waals surface area (Å²) in [4.78, 5) is 8.34. The minimum absolute atomic E-state index is 0.0171. The number of nitrogens with one attached hydrogen (secondary N) is 1. The highest BCUT2D eigenvalue weighted by molar-refractivity contribution is 5.31. The van der Waals surface area contributed by atoms with E-state index in [1.54, 1.807) is 13.2 Å². The van der Waals surface area contributed by atoms with E-state index in [2.05, 4.69) is 15.3 Å². The van der Waals surface area contributed by atoms with Gasteiger partial charge in [0.05, 0.1) is 19.8 Å². The highest BCUT2D eigenvalue weighted by Crippen LogP contribution is 2.12. The van der Waals surface area contributed by atoms with Gasteiger partial charge in [-0.25, -0.2) is 4.98 Å². The Bertz CT molecular complexity index is 314. The van der Waals surface area contributed by atoms with Crippen molar-refractivity contribution in [2.75, 3.05) is 19.0 Å². The average Bonchev–Trinajstić information content (AvgIpc) is 2.25. The number of aromatic nitrogens is 2. The Morgan fingerprint density at radius 2 is 2.27 bits per heavy atom. The molecular formula is C10H17N3O2. The number of aryl methyl sites for hydroxylation is 1. The van der Waals surface area contributed by atoms with Crippen LogP contribution in [0.1, 0.15) is 19.0 Å². The van der Waals surface area contributed by atoms with Crippen LogP contribution < -0.4 is 10.1 Å². The van der Waals surface area contributed by atoms with E-state index in [1.807, 2.05) is 13.8 Å². The van der Waals surface area contributed by atoms with Gasteiger partial charge in [0.15, 0.2) is 0 Å². The van der Waals surface area contributed by atoms with Crippen LogP contribution in [0.5, 0.6) is 5.88 Å².